The number of piperazine rings is 1. The van der Waals surface area contributed by atoms with E-state index in [2.05, 4.69) is 5.32 Å². The van der Waals surface area contributed by atoms with Crippen molar-refractivity contribution in [3.05, 3.63) is 35.1 Å². The van der Waals surface area contributed by atoms with Gasteiger partial charge in [0.2, 0.25) is 5.91 Å². The molecule has 0 radical (unpaired) electrons. The summed E-state index contributed by atoms with van der Waals surface area (Å²) < 4.78 is 13.5. The van der Waals surface area contributed by atoms with Gasteiger partial charge in [-0.2, -0.15) is 0 Å². The molecule has 6 heteroatoms. The van der Waals surface area contributed by atoms with Crippen molar-refractivity contribution < 1.29 is 14.0 Å². The summed E-state index contributed by atoms with van der Waals surface area (Å²) in [4.78, 5) is 27.4. The molecular formula is C15H20FN3O2. The van der Waals surface area contributed by atoms with E-state index in [0.717, 1.165) is 0 Å². The van der Waals surface area contributed by atoms with Crippen LogP contribution >= 0.6 is 0 Å². The first-order valence-corrected chi connectivity index (χ1v) is 7.00. The molecule has 0 bridgehead atoms. The highest BCUT2D eigenvalue weighted by Crippen LogP contribution is 2.13. The molecule has 1 heterocycles. The maximum atomic E-state index is 13.5. The molecule has 2 rings (SSSR count). The van der Waals surface area contributed by atoms with Gasteiger partial charge in [-0.05, 0) is 31.7 Å². The van der Waals surface area contributed by atoms with Crippen LogP contribution in [0.25, 0.3) is 0 Å². The highest BCUT2D eigenvalue weighted by atomic mass is 19.1. The van der Waals surface area contributed by atoms with Crippen LogP contribution in [0.15, 0.2) is 18.2 Å². The Kier molecular flexibility index (Phi) is 4.90. The Hall–Kier alpha value is -1.95. The average molecular weight is 293 g/mol. The predicted molar refractivity (Wildman–Crippen MR) is 77.5 cm³/mol. The number of hydrogen-bond donors (Lipinski definition) is 1. The molecule has 0 aliphatic carbocycles. The number of benzene rings is 1. The third-order valence-corrected chi connectivity index (χ3v) is 3.67. The molecule has 0 unspecified atom stereocenters. The molecule has 0 aromatic heterocycles. The first kappa shape index (κ1) is 15.4. The van der Waals surface area contributed by atoms with Crippen molar-refractivity contribution in [2.75, 3.05) is 39.8 Å². The zero-order chi connectivity index (χ0) is 15.4. The number of amides is 2. The lowest BCUT2D eigenvalue weighted by Gasteiger charge is -2.34. The highest BCUT2D eigenvalue weighted by molar-refractivity contribution is 5.94. The van der Waals surface area contributed by atoms with Crippen LogP contribution in [0.3, 0.4) is 0 Å². The first-order chi connectivity index (χ1) is 10.0. The molecule has 114 valence electrons. The monoisotopic (exact) mass is 293 g/mol. The van der Waals surface area contributed by atoms with E-state index in [1.807, 2.05) is 0 Å². The highest BCUT2D eigenvalue weighted by Gasteiger charge is 2.24. The number of carbonyl (C=O) groups excluding carboxylic acids is 2. The van der Waals surface area contributed by atoms with Crippen LogP contribution in [0, 0.1) is 12.7 Å². The number of nitrogens with one attached hydrogen (secondary N) is 1. The van der Waals surface area contributed by atoms with E-state index < -0.39 is 0 Å². The number of nitrogens with zero attached hydrogens (tertiary/aromatic N) is 2. The van der Waals surface area contributed by atoms with Crippen LogP contribution in [-0.2, 0) is 4.79 Å². The van der Waals surface area contributed by atoms with Gasteiger partial charge in [0.15, 0.2) is 0 Å². The van der Waals surface area contributed by atoms with E-state index >= 15 is 0 Å². The summed E-state index contributed by atoms with van der Waals surface area (Å²) in [5.41, 5.74) is 0.877. The van der Waals surface area contributed by atoms with E-state index in [9.17, 15) is 14.0 Å². The minimum atomic E-state index is -0.372. The van der Waals surface area contributed by atoms with E-state index in [-0.39, 0.29) is 17.6 Å². The molecule has 2 amide bonds. The molecule has 5 nitrogen and oxygen atoms in total. The van der Waals surface area contributed by atoms with Crippen molar-refractivity contribution in [2.45, 2.75) is 6.92 Å². The number of likely N-dealkylation sites (N-methyl/N-ethyl adjacent to an activating group) is 1. The van der Waals surface area contributed by atoms with Gasteiger partial charge in [-0.3, -0.25) is 9.59 Å². The second kappa shape index (κ2) is 6.67. The van der Waals surface area contributed by atoms with Gasteiger partial charge in [-0.25, -0.2) is 4.39 Å². The number of halogens is 1. The molecule has 1 aromatic rings. The van der Waals surface area contributed by atoms with Crippen LogP contribution in [0.2, 0.25) is 0 Å². The second-order valence-corrected chi connectivity index (χ2v) is 5.17. The standard InChI is InChI=1S/C15H20FN3O2/c1-11-3-4-12(9-13(11)16)15(21)19-7-5-18(6-8-19)14(20)10-17-2/h3-4,9,17H,5-8,10H2,1-2H3. The Morgan fingerprint density at radius 1 is 1.19 bits per heavy atom. The lowest BCUT2D eigenvalue weighted by Crippen LogP contribution is -2.52. The molecule has 1 aliphatic rings. The zero-order valence-electron chi connectivity index (χ0n) is 12.4. The minimum Gasteiger partial charge on any atom is -0.338 e. The second-order valence-electron chi connectivity index (χ2n) is 5.17. The molecular weight excluding hydrogens is 273 g/mol. The molecule has 1 saturated heterocycles. The van der Waals surface area contributed by atoms with Crippen LogP contribution in [0.4, 0.5) is 4.39 Å². The quantitative estimate of drug-likeness (QED) is 0.890. The molecule has 1 aromatic carbocycles. The summed E-state index contributed by atoms with van der Waals surface area (Å²) in [6, 6.07) is 4.52. The van der Waals surface area contributed by atoms with Crippen molar-refractivity contribution in [2.24, 2.45) is 0 Å². The number of carbonyl (C=O) groups is 2. The number of hydrogen-bond acceptors (Lipinski definition) is 3. The van der Waals surface area contributed by atoms with Gasteiger partial charge in [0, 0.05) is 31.7 Å². The Bertz CT molecular complexity index is 540. The van der Waals surface area contributed by atoms with Crippen molar-refractivity contribution in [3.8, 4) is 0 Å². The Balaban J connectivity index is 1.97. The van der Waals surface area contributed by atoms with E-state index in [1.54, 1.807) is 35.9 Å². The largest absolute Gasteiger partial charge is 0.338 e. The van der Waals surface area contributed by atoms with E-state index in [4.69, 9.17) is 0 Å². The summed E-state index contributed by atoms with van der Waals surface area (Å²) in [6.45, 7) is 3.95. The summed E-state index contributed by atoms with van der Waals surface area (Å²) in [5, 5.41) is 2.82. The lowest BCUT2D eigenvalue weighted by atomic mass is 10.1. The SMILES string of the molecule is CNCC(=O)N1CCN(C(=O)c2ccc(C)c(F)c2)CC1. The van der Waals surface area contributed by atoms with Crippen molar-refractivity contribution in [1.82, 2.24) is 15.1 Å². The number of rotatable bonds is 3. The Morgan fingerprint density at radius 2 is 1.81 bits per heavy atom. The molecule has 1 aliphatic heterocycles. The van der Waals surface area contributed by atoms with Gasteiger partial charge < -0.3 is 15.1 Å². The number of aryl methyl sites for hydroxylation is 1. The van der Waals surface area contributed by atoms with Gasteiger partial charge >= 0.3 is 0 Å². The lowest BCUT2D eigenvalue weighted by molar-refractivity contribution is -0.131. The van der Waals surface area contributed by atoms with E-state index in [1.165, 1.54) is 6.07 Å². The van der Waals surface area contributed by atoms with Crippen molar-refractivity contribution in [1.29, 1.82) is 0 Å². The normalized spacial score (nSPS) is 15.2. The van der Waals surface area contributed by atoms with Gasteiger partial charge in [0.25, 0.3) is 5.91 Å². The summed E-state index contributed by atoms with van der Waals surface area (Å²) >= 11 is 0. The van der Waals surface area contributed by atoms with Gasteiger partial charge in [-0.1, -0.05) is 6.07 Å². The molecule has 0 atom stereocenters. The predicted octanol–water partition coefficient (Wildman–Crippen LogP) is 0.638. The van der Waals surface area contributed by atoms with Crippen LogP contribution in [0.1, 0.15) is 15.9 Å². The van der Waals surface area contributed by atoms with Gasteiger partial charge in [-0.15, -0.1) is 0 Å². The minimum absolute atomic E-state index is 0.0333. The van der Waals surface area contributed by atoms with Gasteiger partial charge in [0.1, 0.15) is 5.82 Å². The third-order valence-electron chi connectivity index (χ3n) is 3.67. The van der Waals surface area contributed by atoms with Crippen molar-refractivity contribution in [3.63, 3.8) is 0 Å². The van der Waals surface area contributed by atoms with Crippen LogP contribution < -0.4 is 5.32 Å². The zero-order valence-corrected chi connectivity index (χ0v) is 12.4. The Morgan fingerprint density at radius 3 is 2.38 bits per heavy atom. The molecule has 0 saturated carbocycles. The van der Waals surface area contributed by atoms with E-state index in [0.29, 0.717) is 43.9 Å². The average Bonchev–Trinajstić information content (AvgIpc) is 2.50. The molecule has 1 fully saturated rings. The van der Waals surface area contributed by atoms with Crippen molar-refractivity contribution >= 4 is 11.8 Å². The summed E-state index contributed by atoms with van der Waals surface area (Å²) in [6.07, 6.45) is 0. The maximum Gasteiger partial charge on any atom is 0.254 e. The fraction of sp³-hybridized carbons (Fsp3) is 0.467. The van der Waals surface area contributed by atoms with Crippen LogP contribution in [0.5, 0.6) is 0 Å². The van der Waals surface area contributed by atoms with Crippen LogP contribution in [-0.4, -0.2) is 61.4 Å². The summed E-state index contributed by atoms with van der Waals surface area (Å²) in [5.74, 6) is -0.524. The molecule has 1 N–H and O–H groups in total. The fourth-order valence-electron chi connectivity index (χ4n) is 2.33. The topological polar surface area (TPSA) is 52.7 Å². The maximum absolute atomic E-state index is 13.5. The molecule has 21 heavy (non-hydrogen) atoms. The fourth-order valence-corrected chi connectivity index (χ4v) is 2.33. The summed E-state index contributed by atoms with van der Waals surface area (Å²) in [7, 11) is 1.73. The third kappa shape index (κ3) is 3.58. The Labute approximate surface area is 123 Å². The first-order valence-electron chi connectivity index (χ1n) is 7.00. The van der Waals surface area contributed by atoms with Gasteiger partial charge in [0.05, 0.1) is 6.54 Å². The molecule has 0 spiro atoms. The smallest absolute Gasteiger partial charge is 0.254 e.